The number of carboxylic acids is 1. The first-order valence-corrected chi connectivity index (χ1v) is 10.9. The van der Waals surface area contributed by atoms with Gasteiger partial charge in [-0.2, -0.15) is 23.5 Å². The first-order valence-electron chi connectivity index (χ1n) is 8.69. The molecule has 1 atom stereocenters. The van der Waals surface area contributed by atoms with E-state index >= 15 is 0 Å². The van der Waals surface area contributed by atoms with E-state index in [0.717, 1.165) is 30.1 Å². The molecule has 0 aliphatic rings. The topological polar surface area (TPSA) is 37.3 Å². The van der Waals surface area contributed by atoms with Gasteiger partial charge in [-0.05, 0) is 23.3 Å². The van der Waals surface area contributed by atoms with E-state index in [1.165, 1.54) is 11.1 Å². The fourth-order valence-electron chi connectivity index (χ4n) is 2.34. The number of benzene rings is 2. The lowest BCUT2D eigenvalue weighted by Crippen LogP contribution is -2.04. The van der Waals surface area contributed by atoms with Gasteiger partial charge in [0.25, 0.3) is 0 Å². The van der Waals surface area contributed by atoms with Crippen molar-refractivity contribution in [2.45, 2.75) is 36.0 Å². The van der Waals surface area contributed by atoms with Gasteiger partial charge >= 0.3 is 5.97 Å². The van der Waals surface area contributed by atoms with Crippen molar-refractivity contribution < 1.29 is 9.90 Å². The Kier molecular flexibility index (Phi) is 9.86. The van der Waals surface area contributed by atoms with Crippen LogP contribution in [0.5, 0.6) is 0 Å². The van der Waals surface area contributed by atoms with Crippen LogP contribution in [0.15, 0.2) is 60.7 Å². The van der Waals surface area contributed by atoms with Gasteiger partial charge in [0.1, 0.15) is 6.42 Å². The van der Waals surface area contributed by atoms with Gasteiger partial charge < -0.3 is 5.11 Å². The molecule has 0 radical (unpaired) electrons. The molecule has 1 N–H and O–H groups in total. The summed E-state index contributed by atoms with van der Waals surface area (Å²) in [5.41, 5.74) is 2.67. The highest BCUT2D eigenvalue weighted by Crippen LogP contribution is 2.25. The highest BCUT2D eigenvalue weighted by molar-refractivity contribution is 7.99. The first kappa shape index (κ1) is 20.5. The van der Waals surface area contributed by atoms with E-state index in [4.69, 9.17) is 5.11 Å². The number of carbonyl (C=O) groups is 1. The third-order valence-electron chi connectivity index (χ3n) is 3.72. The molecule has 1 unspecified atom stereocenters. The summed E-state index contributed by atoms with van der Waals surface area (Å²) in [6, 6.07) is 21.0. The highest BCUT2D eigenvalue weighted by atomic mass is 32.2. The summed E-state index contributed by atoms with van der Waals surface area (Å²) in [6.45, 7) is 0. The number of hydrogen-bond acceptors (Lipinski definition) is 3. The predicted molar refractivity (Wildman–Crippen MR) is 113 cm³/mol. The molecule has 0 bridgehead atoms. The van der Waals surface area contributed by atoms with Crippen molar-refractivity contribution in [3.63, 3.8) is 0 Å². The average molecular weight is 385 g/mol. The molecule has 0 aliphatic carbocycles. The van der Waals surface area contributed by atoms with Crippen molar-refractivity contribution in [1.29, 1.82) is 0 Å². The Bertz CT molecular complexity index is 705. The van der Waals surface area contributed by atoms with Gasteiger partial charge in [-0.15, -0.1) is 5.92 Å². The van der Waals surface area contributed by atoms with E-state index in [2.05, 4.69) is 60.4 Å². The van der Waals surface area contributed by atoms with Gasteiger partial charge in [-0.1, -0.05) is 66.6 Å². The van der Waals surface area contributed by atoms with Gasteiger partial charge in [-0.3, -0.25) is 4.79 Å². The molecule has 2 aromatic carbocycles. The largest absolute Gasteiger partial charge is 0.481 e. The monoisotopic (exact) mass is 384 g/mol. The summed E-state index contributed by atoms with van der Waals surface area (Å²) in [5.74, 6) is 8.04. The van der Waals surface area contributed by atoms with E-state index in [-0.39, 0.29) is 6.42 Å². The summed E-state index contributed by atoms with van der Waals surface area (Å²) >= 11 is 3.86. The van der Waals surface area contributed by atoms with Crippen LogP contribution in [0.2, 0.25) is 0 Å². The van der Waals surface area contributed by atoms with Crippen LogP contribution in [0.4, 0.5) is 0 Å². The molecule has 0 saturated heterocycles. The molecule has 0 fully saturated rings. The maximum atomic E-state index is 10.6. The third-order valence-corrected chi connectivity index (χ3v) is 6.15. The van der Waals surface area contributed by atoms with E-state index in [9.17, 15) is 4.79 Å². The van der Waals surface area contributed by atoms with Gasteiger partial charge in [0.2, 0.25) is 0 Å². The Morgan fingerprint density at radius 3 is 2.15 bits per heavy atom. The molecule has 26 heavy (non-hydrogen) atoms. The summed E-state index contributed by atoms with van der Waals surface area (Å²) < 4.78 is 0. The molecule has 0 aliphatic heterocycles. The number of aliphatic carboxylic acids is 1. The zero-order chi connectivity index (χ0) is 18.5. The number of rotatable bonds is 10. The number of hydrogen-bond donors (Lipinski definition) is 1. The molecule has 2 aromatic rings. The van der Waals surface area contributed by atoms with Crippen LogP contribution >= 0.6 is 23.5 Å². The van der Waals surface area contributed by atoms with Crippen LogP contribution in [0.25, 0.3) is 0 Å². The third kappa shape index (κ3) is 9.03. The summed E-state index contributed by atoms with van der Waals surface area (Å²) in [6.07, 6.45) is 1.76. The Labute approximate surface area is 164 Å². The van der Waals surface area contributed by atoms with E-state index in [1.807, 2.05) is 35.7 Å². The minimum Gasteiger partial charge on any atom is -0.481 e. The fraction of sp³-hybridized carbons (Fsp3) is 0.318. The molecular formula is C22H24O2S2. The zero-order valence-electron chi connectivity index (χ0n) is 14.8. The quantitative estimate of drug-likeness (QED) is 0.435. The van der Waals surface area contributed by atoms with E-state index in [0.29, 0.717) is 5.25 Å². The van der Waals surface area contributed by atoms with Crippen LogP contribution in [-0.2, 0) is 16.3 Å². The minimum atomic E-state index is -0.857. The van der Waals surface area contributed by atoms with Crippen LogP contribution in [-0.4, -0.2) is 22.1 Å². The van der Waals surface area contributed by atoms with Crippen molar-refractivity contribution >= 4 is 29.5 Å². The molecular weight excluding hydrogens is 360 g/mol. The van der Waals surface area contributed by atoms with Gasteiger partial charge in [0, 0.05) is 23.2 Å². The summed E-state index contributed by atoms with van der Waals surface area (Å²) in [7, 11) is 0. The Morgan fingerprint density at radius 1 is 0.923 bits per heavy atom. The molecule has 4 heteroatoms. The Hall–Kier alpha value is -1.83. The first-order chi connectivity index (χ1) is 12.7. The highest BCUT2D eigenvalue weighted by Gasteiger charge is 2.09. The summed E-state index contributed by atoms with van der Waals surface area (Å²) in [4.78, 5) is 10.6. The minimum absolute atomic E-state index is 0.0706. The van der Waals surface area contributed by atoms with E-state index in [1.54, 1.807) is 0 Å². The van der Waals surface area contributed by atoms with Crippen molar-refractivity contribution in [2.24, 2.45) is 0 Å². The van der Waals surface area contributed by atoms with Crippen molar-refractivity contribution in [3.8, 4) is 11.8 Å². The van der Waals surface area contributed by atoms with E-state index < -0.39 is 5.97 Å². The normalized spacial score (nSPS) is 11.4. The zero-order valence-corrected chi connectivity index (χ0v) is 16.4. The smallest absolute Gasteiger partial charge is 0.315 e. The van der Waals surface area contributed by atoms with Crippen LogP contribution in [0.1, 0.15) is 30.4 Å². The molecule has 0 amide bonds. The van der Waals surface area contributed by atoms with Gasteiger partial charge in [-0.25, -0.2) is 0 Å². The van der Waals surface area contributed by atoms with Crippen LogP contribution in [0, 0.1) is 11.8 Å². The molecule has 2 rings (SSSR count). The lowest BCUT2D eigenvalue weighted by Gasteiger charge is -2.14. The second kappa shape index (κ2) is 12.5. The Morgan fingerprint density at radius 2 is 1.54 bits per heavy atom. The molecule has 0 saturated carbocycles. The summed E-state index contributed by atoms with van der Waals surface area (Å²) in [5, 5.41) is 9.13. The van der Waals surface area contributed by atoms with Gasteiger partial charge in [0.05, 0.1) is 0 Å². The lowest BCUT2D eigenvalue weighted by molar-refractivity contribution is -0.135. The van der Waals surface area contributed by atoms with Gasteiger partial charge in [0.15, 0.2) is 0 Å². The standard InChI is InChI=1S/C22H24O2S2/c23-22(24)14-8-7-13-21(26-18-20-11-5-2-6-12-20)15-16-25-17-19-9-3-1-4-10-19/h1-6,9-12,21H,13-18H2,(H,23,24). The van der Waals surface area contributed by atoms with Crippen molar-refractivity contribution in [2.75, 3.05) is 5.75 Å². The van der Waals surface area contributed by atoms with Crippen LogP contribution < -0.4 is 0 Å². The maximum absolute atomic E-state index is 10.6. The SMILES string of the molecule is O=C(O)CC#CCC(CCSCc1ccccc1)SCc1ccccc1. The van der Waals surface area contributed by atoms with Crippen molar-refractivity contribution in [1.82, 2.24) is 0 Å². The molecule has 136 valence electrons. The Balaban J connectivity index is 1.78. The number of carboxylic acid groups (broad SMARTS) is 1. The molecule has 0 heterocycles. The maximum Gasteiger partial charge on any atom is 0.315 e. The number of thioether (sulfide) groups is 2. The lowest BCUT2D eigenvalue weighted by atomic mass is 10.2. The predicted octanol–water partition coefficient (Wildman–Crippen LogP) is 5.48. The molecule has 0 spiro atoms. The molecule has 2 nitrogen and oxygen atoms in total. The van der Waals surface area contributed by atoms with Crippen molar-refractivity contribution in [3.05, 3.63) is 71.8 Å². The fourth-order valence-corrected chi connectivity index (χ4v) is 4.61. The molecule has 0 aromatic heterocycles. The van der Waals surface area contributed by atoms with Crippen LogP contribution in [0.3, 0.4) is 0 Å². The second-order valence-corrected chi connectivity index (χ2v) is 8.27. The average Bonchev–Trinajstić information content (AvgIpc) is 2.67. The second-order valence-electron chi connectivity index (χ2n) is 5.87.